The summed E-state index contributed by atoms with van der Waals surface area (Å²) in [5.74, 6) is -0.204. The largest absolute Gasteiger partial charge is 0.345 e. The maximum absolute atomic E-state index is 11.7. The lowest BCUT2D eigenvalue weighted by molar-refractivity contribution is -0.122. The molecule has 2 amide bonds. The van der Waals surface area contributed by atoms with Crippen molar-refractivity contribution in [3.8, 4) is 6.07 Å². The van der Waals surface area contributed by atoms with Crippen molar-refractivity contribution in [1.29, 1.82) is 5.26 Å². The first-order valence-electron chi connectivity index (χ1n) is 6.78. The van der Waals surface area contributed by atoms with Crippen molar-refractivity contribution in [2.45, 2.75) is 32.2 Å². The van der Waals surface area contributed by atoms with E-state index in [1.165, 1.54) is 4.90 Å². The molecule has 5 heteroatoms. The highest BCUT2D eigenvalue weighted by Gasteiger charge is 2.18. The summed E-state index contributed by atoms with van der Waals surface area (Å²) in [5.41, 5.74) is 0.757. The van der Waals surface area contributed by atoms with Gasteiger partial charge in [-0.05, 0) is 38.0 Å². The van der Waals surface area contributed by atoms with Crippen molar-refractivity contribution in [3.63, 3.8) is 0 Å². The van der Waals surface area contributed by atoms with Gasteiger partial charge in [-0.25, -0.2) is 0 Å². The van der Waals surface area contributed by atoms with Crippen LogP contribution in [0.5, 0.6) is 0 Å². The highest BCUT2D eigenvalue weighted by Crippen LogP contribution is 2.09. The van der Waals surface area contributed by atoms with Crippen LogP contribution in [0.1, 0.15) is 36.2 Å². The number of nitriles is 1. The Hall–Kier alpha value is -2.35. The van der Waals surface area contributed by atoms with E-state index >= 15 is 0 Å². The molecule has 0 unspecified atom stereocenters. The summed E-state index contributed by atoms with van der Waals surface area (Å²) < 4.78 is 0. The number of hydrogen-bond donors (Lipinski definition) is 1. The molecule has 1 N–H and O–H groups in total. The zero-order valence-electron chi connectivity index (χ0n) is 12.9. The van der Waals surface area contributed by atoms with Crippen LogP contribution in [0, 0.1) is 11.3 Å². The van der Waals surface area contributed by atoms with Gasteiger partial charge in [-0.3, -0.25) is 9.59 Å². The fraction of sp³-hybridized carbons (Fsp3) is 0.438. The Bertz CT molecular complexity index is 554. The van der Waals surface area contributed by atoms with Crippen LogP contribution in [-0.2, 0) is 11.2 Å². The Labute approximate surface area is 125 Å². The first-order chi connectivity index (χ1) is 9.75. The molecule has 5 nitrogen and oxygen atoms in total. The molecule has 0 atom stereocenters. The van der Waals surface area contributed by atoms with E-state index < -0.39 is 5.54 Å². The van der Waals surface area contributed by atoms with Gasteiger partial charge >= 0.3 is 0 Å². The second-order valence-corrected chi connectivity index (χ2v) is 5.68. The van der Waals surface area contributed by atoms with Crippen LogP contribution in [0.25, 0.3) is 0 Å². The first-order valence-corrected chi connectivity index (χ1v) is 6.78. The smallest absolute Gasteiger partial charge is 0.253 e. The van der Waals surface area contributed by atoms with Gasteiger partial charge in [0.25, 0.3) is 5.91 Å². The molecule has 21 heavy (non-hydrogen) atoms. The molecule has 0 aromatic heterocycles. The molecular formula is C16H21N3O2. The van der Waals surface area contributed by atoms with Crippen molar-refractivity contribution in [1.82, 2.24) is 10.2 Å². The Morgan fingerprint density at radius 2 is 1.81 bits per heavy atom. The summed E-state index contributed by atoms with van der Waals surface area (Å²) >= 11 is 0. The average Bonchev–Trinajstić information content (AvgIpc) is 2.44. The number of hydrogen-bond acceptors (Lipinski definition) is 3. The van der Waals surface area contributed by atoms with Crippen molar-refractivity contribution >= 4 is 11.8 Å². The predicted molar refractivity (Wildman–Crippen MR) is 80.6 cm³/mol. The van der Waals surface area contributed by atoms with Gasteiger partial charge in [0.1, 0.15) is 5.54 Å². The number of aryl methyl sites for hydroxylation is 1. The summed E-state index contributed by atoms with van der Waals surface area (Å²) in [6, 6.07) is 9.24. The van der Waals surface area contributed by atoms with Crippen LogP contribution < -0.4 is 5.32 Å². The molecule has 0 saturated carbocycles. The standard InChI is InChI=1S/C16H21N3O2/c1-16(2,11-17)18-14(20)10-7-12-5-8-13(9-6-12)15(21)19(3)4/h5-6,8-9H,7,10H2,1-4H3,(H,18,20). The van der Waals surface area contributed by atoms with Crippen molar-refractivity contribution in [2.24, 2.45) is 0 Å². The highest BCUT2D eigenvalue weighted by atomic mass is 16.2. The fourth-order valence-corrected chi connectivity index (χ4v) is 1.77. The van der Waals surface area contributed by atoms with E-state index in [0.717, 1.165) is 5.56 Å². The molecular weight excluding hydrogens is 266 g/mol. The average molecular weight is 287 g/mol. The van der Waals surface area contributed by atoms with Gasteiger partial charge in [0.05, 0.1) is 6.07 Å². The van der Waals surface area contributed by atoms with Gasteiger partial charge in [-0.15, -0.1) is 0 Å². The van der Waals surface area contributed by atoms with Crippen LogP contribution in [0.3, 0.4) is 0 Å². The molecule has 112 valence electrons. The van der Waals surface area contributed by atoms with Gasteiger partial charge in [0.2, 0.25) is 5.91 Å². The second-order valence-electron chi connectivity index (χ2n) is 5.68. The number of carbonyl (C=O) groups excluding carboxylic acids is 2. The normalized spacial score (nSPS) is 10.6. The third-order valence-corrected chi connectivity index (χ3v) is 2.98. The Kier molecular flexibility index (Phi) is 5.48. The highest BCUT2D eigenvalue weighted by molar-refractivity contribution is 5.93. The zero-order valence-corrected chi connectivity index (χ0v) is 12.9. The molecule has 1 aromatic rings. The minimum absolute atomic E-state index is 0.0462. The van der Waals surface area contributed by atoms with Crippen molar-refractivity contribution < 1.29 is 9.59 Å². The molecule has 0 aliphatic heterocycles. The first kappa shape index (κ1) is 16.7. The minimum atomic E-state index is -0.848. The quantitative estimate of drug-likeness (QED) is 0.896. The predicted octanol–water partition coefficient (Wildman–Crippen LogP) is 1.74. The topological polar surface area (TPSA) is 73.2 Å². The van der Waals surface area contributed by atoms with E-state index in [1.807, 2.05) is 18.2 Å². The summed E-state index contributed by atoms with van der Waals surface area (Å²) in [7, 11) is 3.41. The Balaban J connectivity index is 2.56. The summed E-state index contributed by atoms with van der Waals surface area (Å²) in [4.78, 5) is 25.0. The van der Waals surface area contributed by atoms with E-state index in [1.54, 1.807) is 40.1 Å². The number of nitrogens with one attached hydrogen (secondary N) is 1. The molecule has 0 fully saturated rings. The maximum atomic E-state index is 11.7. The third kappa shape index (κ3) is 5.27. The minimum Gasteiger partial charge on any atom is -0.345 e. The van der Waals surface area contributed by atoms with Gasteiger partial charge in [0.15, 0.2) is 0 Å². The van der Waals surface area contributed by atoms with E-state index in [0.29, 0.717) is 18.4 Å². The molecule has 0 saturated heterocycles. The monoisotopic (exact) mass is 287 g/mol. The van der Waals surface area contributed by atoms with Crippen LogP contribution in [-0.4, -0.2) is 36.3 Å². The fourth-order valence-electron chi connectivity index (χ4n) is 1.77. The molecule has 0 aliphatic rings. The maximum Gasteiger partial charge on any atom is 0.253 e. The lowest BCUT2D eigenvalue weighted by Gasteiger charge is -2.17. The van der Waals surface area contributed by atoms with Crippen LogP contribution in [0.4, 0.5) is 0 Å². The number of benzene rings is 1. The van der Waals surface area contributed by atoms with E-state index in [4.69, 9.17) is 5.26 Å². The van der Waals surface area contributed by atoms with Gasteiger partial charge < -0.3 is 10.2 Å². The lowest BCUT2D eigenvalue weighted by Crippen LogP contribution is -2.42. The third-order valence-electron chi connectivity index (χ3n) is 2.98. The van der Waals surface area contributed by atoms with Crippen LogP contribution in [0.2, 0.25) is 0 Å². The lowest BCUT2D eigenvalue weighted by atomic mass is 10.0. The number of nitrogens with zero attached hydrogens (tertiary/aromatic N) is 2. The number of amides is 2. The molecule has 0 radical (unpaired) electrons. The van der Waals surface area contributed by atoms with Crippen molar-refractivity contribution in [3.05, 3.63) is 35.4 Å². The summed E-state index contributed by atoms with van der Waals surface area (Å²) in [6.07, 6.45) is 0.885. The second kappa shape index (κ2) is 6.89. The van der Waals surface area contributed by atoms with E-state index in [9.17, 15) is 9.59 Å². The zero-order chi connectivity index (χ0) is 16.0. The van der Waals surface area contributed by atoms with E-state index in [2.05, 4.69) is 5.32 Å². The SMILES string of the molecule is CN(C)C(=O)c1ccc(CCC(=O)NC(C)(C)C#N)cc1. The van der Waals surface area contributed by atoms with E-state index in [-0.39, 0.29) is 11.8 Å². The molecule has 0 heterocycles. The van der Waals surface area contributed by atoms with Gasteiger partial charge in [-0.2, -0.15) is 5.26 Å². The summed E-state index contributed by atoms with van der Waals surface area (Å²) in [6.45, 7) is 3.32. The number of carbonyl (C=O) groups is 2. The molecule has 1 rings (SSSR count). The van der Waals surface area contributed by atoms with Crippen LogP contribution in [0.15, 0.2) is 24.3 Å². The molecule has 0 bridgehead atoms. The Morgan fingerprint density at radius 3 is 2.29 bits per heavy atom. The van der Waals surface area contributed by atoms with Gasteiger partial charge in [0, 0.05) is 26.1 Å². The Morgan fingerprint density at radius 1 is 1.24 bits per heavy atom. The molecule has 0 spiro atoms. The van der Waals surface area contributed by atoms with Crippen LogP contribution >= 0.6 is 0 Å². The van der Waals surface area contributed by atoms with Crippen molar-refractivity contribution in [2.75, 3.05) is 14.1 Å². The number of rotatable bonds is 5. The molecule has 0 aliphatic carbocycles. The molecule has 1 aromatic carbocycles. The van der Waals surface area contributed by atoms with Gasteiger partial charge in [-0.1, -0.05) is 12.1 Å². The summed E-state index contributed by atoms with van der Waals surface area (Å²) in [5, 5.41) is 11.5.